The number of urea groups is 1. The average Bonchev–Trinajstić information content (AvgIpc) is 2.99. The summed E-state index contributed by atoms with van der Waals surface area (Å²) in [5.41, 5.74) is -0.527. The molecule has 1 aliphatic heterocycles. The minimum absolute atomic E-state index is 0.00226. The van der Waals surface area contributed by atoms with Crippen molar-refractivity contribution < 1.29 is 19.4 Å². The van der Waals surface area contributed by atoms with E-state index in [1.165, 1.54) is 16.2 Å². The van der Waals surface area contributed by atoms with Crippen molar-refractivity contribution in [3.63, 3.8) is 0 Å². The molecule has 0 aromatic carbocycles. The maximum Gasteiger partial charge on any atom is 0.332 e. The number of carbonyl (C=O) groups is 2. The number of hydrogen-bond acceptors (Lipinski definition) is 5. The summed E-state index contributed by atoms with van der Waals surface area (Å²) < 4.78 is 5.10. The molecule has 1 atom stereocenters. The Morgan fingerprint density at radius 3 is 2.90 bits per heavy atom. The number of ether oxygens (including phenoxy) is 1. The van der Waals surface area contributed by atoms with Gasteiger partial charge in [-0.05, 0) is 6.92 Å². The number of carbonyl (C=O) groups excluding carboxylic acids is 1. The number of nitrogens with zero attached hydrogens (tertiary/aromatic N) is 2. The molecule has 1 unspecified atom stereocenters. The van der Waals surface area contributed by atoms with Gasteiger partial charge in [-0.15, -0.1) is 11.3 Å². The molecular formula is C12H17N3O4S. The summed E-state index contributed by atoms with van der Waals surface area (Å²) in [6, 6.07) is -0.441. The fourth-order valence-corrected chi connectivity index (χ4v) is 2.59. The number of carboxylic acids is 1. The van der Waals surface area contributed by atoms with Gasteiger partial charge in [0.05, 0.1) is 23.9 Å². The Morgan fingerprint density at radius 2 is 2.40 bits per heavy atom. The summed E-state index contributed by atoms with van der Waals surface area (Å²) in [5, 5.41) is 14.6. The summed E-state index contributed by atoms with van der Waals surface area (Å²) in [5.74, 6) is -1.07. The van der Waals surface area contributed by atoms with Crippen LogP contribution in [0, 0.1) is 6.92 Å². The molecule has 1 fully saturated rings. The van der Waals surface area contributed by atoms with Crippen LogP contribution in [0.25, 0.3) is 0 Å². The number of carboxylic acid groups (broad SMARTS) is 1. The molecule has 110 valence electrons. The molecule has 8 heteroatoms. The molecule has 2 heterocycles. The van der Waals surface area contributed by atoms with Gasteiger partial charge in [0, 0.05) is 25.5 Å². The van der Waals surface area contributed by atoms with Crippen molar-refractivity contribution >= 4 is 23.3 Å². The molecular weight excluding hydrogens is 282 g/mol. The zero-order chi connectivity index (χ0) is 14.8. The van der Waals surface area contributed by atoms with Gasteiger partial charge in [0.2, 0.25) is 0 Å². The Morgan fingerprint density at radius 1 is 1.65 bits per heavy atom. The standard InChI is InChI=1S/C12H17N3O4S/c1-8-13-9(6-20-8)5-15(2)11(18)14-12(10(16)17)3-4-19-7-12/h6H,3-5,7H2,1-2H3,(H,14,18)(H,16,17). The lowest BCUT2D eigenvalue weighted by molar-refractivity contribution is -0.144. The van der Waals surface area contributed by atoms with Crippen molar-refractivity contribution in [1.82, 2.24) is 15.2 Å². The molecule has 0 aliphatic carbocycles. The zero-order valence-electron chi connectivity index (χ0n) is 11.4. The van der Waals surface area contributed by atoms with E-state index in [0.29, 0.717) is 13.2 Å². The summed E-state index contributed by atoms with van der Waals surface area (Å²) in [4.78, 5) is 29.1. The van der Waals surface area contributed by atoms with E-state index in [4.69, 9.17) is 4.74 Å². The summed E-state index contributed by atoms with van der Waals surface area (Å²) in [6.45, 7) is 2.57. The Labute approximate surface area is 120 Å². The third kappa shape index (κ3) is 3.07. The highest BCUT2D eigenvalue weighted by Gasteiger charge is 2.44. The quantitative estimate of drug-likeness (QED) is 0.859. The van der Waals surface area contributed by atoms with Gasteiger partial charge in [0.15, 0.2) is 5.54 Å². The highest BCUT2D eigenvalue weighted by molar-refractivity contribution is 7.09. The van der Waals surface area contributed by atoms with Crippen LogP contribution in [0.4, 0.5) is 4.79 Å². The Kier molecular flexibility index (Phi) is 4.24. The second-order valence-electron chi connectivity index (χ2n) is 4.83. The van der Waals surface area contributed by atoms with Gasteiger partial charge in [0.25, 0.3) is 0 Å². The van der Waals surface area contributed by atoms with Crippen molar-refractivity contribution in [3.05, 3.63) is 16.1 Å². The Hall–Kier alpha value is -1.67. The fraction of sp³-hybridized carbons (Fsp3) is 0.583. The van der Waals surface area contributed by atoms with Crippen LogP contribution in [0.5, 0.6) is 0 Å². The molecule has 1 aromatic rings. The third-order valence-electron chi connectivity index (χ3n) is 3.19. The minimum atomic E-state index is -1.32. The van der Waals surface area contributed by atoms with Crippen LogP contribution in [0.3, 0.4) is 0 Å². The molecule has 1 saturated heterocycles. The van der Waals surface area contributed by atoms with Crippen molar-refractivity contribution in [3.8, 4) is 0 Å². The van der Waals surface area contributed by atoms with Crippen molar-refractivity contribution in [2.24, 2.45) is 0 Å². The maximum atomic E-state index is 12.1. The zero-order valence-corrected chi connectivity index (χ0v) is 12.2. The fourth-order valence-electron chi connectivity index (χ4n) is 1.98. The second kappa shape index (κ2) is 5.76. The monoisotopic (exact) mass is 299 g/mol. The van der Waals surface area contributed by atoms with Crippen LogP contribution in [0.1, 0.15) is 17.1 Å². The van der Waals surface area contributed by atoms with E-state index in [1.807, 2.05) is 12.3 Å². The van der Waals surface area contributed by atoms with E-state index in [9.17, 15) is 14.7 Å². The van der Waals surface area contributed by atoms with E-state index in [0.717, 1.165) is 10.7 Å². The third-order valence-corrected chi connectivity index (χ3v) is 4.01. The van der Waals surface area contributed by atoms with Gasteiger partial charge < -0.3 is 20.1 Å². The van der Waals surface area contributed by atoms with Crippen LogP contribution >= 0.6 is 11.3 Å². The first-order valence-electron chi connectivity index (χ1n) is 6.18. The van der Waals surface area contributed by atoms with E-state index in [2.05, 4.69) is 10.3 Å². The Bertz CT molecular complexity index is 511. The van der Waals surface area contributed by atoms with Gasteiger partial charge in [-0.3, -0.25) is 0 Å². The topological polar surface area (TPSA) is 91.8 Å². The smallest absolute Gasteiger partial charge is 0.332 e. The lowest BCUT2D eigenvalue weighted by Gasteiger charge is -2.27. The van der Waals surface area contributed by atoms with Crippen LogP contribution in [0.15, 0.2) is 5.38 Å². The first-order valence-corrected chi connectivity index (χ1v) is 7.06. The normalized spacial score (nSPS) is 21.7. The number of aromatic nitrogens is 1. The number of thiazole rings is 1. The SMILES string of the molecule is Cc1nc(CN(C)C(=O)NC2(C(=O)O)CCOC2)cs1. The number of rotatable bonds is 4. The lowest BCUT2D eigenvalue weighted by Crippen LogP contribution is -2.57. The van der Waals surface area contributed by atoms with Crippen molar-refractivity contribution in [1.29, 1.82) is 0 Å². The van der Waals surface area contributed by atoms with Gasteiger partial charge in [-0.2, -0.15) is 0 Å². The molecule has 0 bridgehead atoms. The van der Waals surface area contributed by atoms with Crippen molar-refractivity contribution in [2.45, 2.75) is 25.4 Å². The molecule has 2 amide bonds. The van der Waals surface area contributed by atoms with Gasteiger partial charge in [-0.25, -0.2) is 14.6 Å². The molecule has 1 aromatic heterocycles. The molecule has 1 aliphatic rings. The number of hydrogen-bond donors (Lipinski definition) is 2. The molecule has 2 rings (SSSR count). The number of amides is 2. The molecule has 0 saturated carbocycles. The van der Waals surface area contributed by atoms with Crippen LogP contribution in [-0.4, -0.2) is 52.8 Å². The highest BCUT2D eigenvalue weighted by atomic mass is 32.1. The molecule has 0 spiro atoms. The van der Waals surface area contributed by atoms with Gasteiger partial charge in [0.1, 0.15) is 0 Å². The van der Waals surface area contributed by atoms with E-state index in [1.54, 1.807) is 7.05 Å². The predicted molar refractivity (Wildman–Crippen MR) is 72.7 cm³/mol. The molecule has 2 N–H and O–H groups in total. The van der Waals surface area contributed by atoms with Crippen LogP contribution in [0.2, 0.25) is 0 Å². The van der Waals surface area contributed by atoms with E-state index < -0.39 is 17.5 Å². The molecule has 0 radical (unpaired) electrons. The largest absolute Gasteiger partial charge is 0.479 e. The summed E-state index contributed by atoms with van der Waals surface area (Å²) in [6.07, 6.45) is 0.276. The lowest BCUT2D eigenvalue weighted by atomic mass is 9.99. The van der Waals surface area contributed by atoms with E-state index in [-0.39, 0.29) is 13.0 Å². The van der Waals surface area contributed by atoms with Gasteiger partial charge >= 0.3 is 12.0 Å². The number of aryl methyl sites for hydroxylation is 1. The Balaban J connectivity index is 1.98. The maximum absolute atomic E-state index is 12.1. The minimum Gasteiger partial charge on any atom is -0.479 e. The van der Waals surface area contributed by atoms with E-state index >= 15 is 0 Å². The van der Waals surface area contributed by atoms with Crippen molar-refractivity contribution in [2.75, 3.05) is 20.3 Å². The molecule has 20 heavy (non-hydrogen) atoms. The van der Waals surface area contributed by atoms with Crippen LogP contribution < -0.4 is 5.32 Å². The number of aliphatic carboxylic acids is 1. The first-order chi connectivity index (χ1) is 9.43. The highest BCUT2D eigenvalue weighted by Crippen LogP contribution is 2.19. The second-order valence-corrected chi connectivity index (χ2v) is 5.90. The summed E-state index contributed by atoms with van der Waals surface area (Å²) in [7, 11) is 1.61. The average molecular weight is 299 g/mol. The van der Waals surface area contributed by atoms with Crippen LogP contribution in [-0.2, 0) is 16.1 Å². The first kappa shape index (κ1) is 14.7. The van der Waals surface area contributed by atoms with Gasteiger partial charge in [-0.1, -0.05) is 0 Å². The number of nitrogens with one attached hydrogen (secondary N) is 1. The molecule has 7 nitrogen and oxygen atoms in total. The summed E-state index contributed by atoms with van der Waals surface area (Å²) >= 11 is 1.51. The predicted octanol–water partition coefficient (Wildman–Crippen LogP) is 0.837.